The highest BCUT2D eigenvalue weighted by Gasteiger charge is 2.79. The summed E-state index contributed by atoms with van der Waals surface area (Å²) >= 11 is 0. The maximum absolute atomic E-state index is 10.7. The Hall–Kier alpha value is -1.70. The lowest BCUT2D eigenvalue weighted by atomic mass is 10.0. The van der Waals surface area contributed by atoms with E-state index in [4.69, 9.17) is 56.8 Å². The van der Waals surface area contributed by atoms with Gasteiger partial charge in [-0.15, -0.1) is 5.10 Å². The normalized spacial score (nSPS) is 48.6. The monoisotopic (exact) mass is 905 g/mol. The van der Waals surface area contributed by atoms with Gasteiger partial charge in [0, 0.05) is 27.0 Å². The lowest BCUT2D eigenvalue weighted by Gasteiger charge is -2.39. The number of nitrogens with zero attached hydrogens (tertiary/aromatic N) is 3. The molecule has 3 saturated carbocycles. The largest absolute Gasteiger partial charge is 0.394 e. The second-order valence-corrected chi connectivity index (χ2v) is 18.9. The lowest BCUT2D eigenvalue weighted by Crippen LogP contribution is -2.53. The molecule has 0 bridgehead atoms. The predicted molar refractivity (Wildman–Crippen MR) is 196 cm³/mol. The highest BCUT2D eigenvalue weighted by Crippen LogP contribution is 2.63. The van der Waals surface area contributed by atoms with Gasteiger partial charge in [-0.3, -0.25) is 14.2 Å². The molecule has 6 saturated heterocycles. The quantitative estimate of drug-likeness (QED) is 0.0507. The summed E-state index contributed by atoms with van der Waals surface area (Å²) in [7, 11) is 0. The molecule has 0 spiro atoms. The van der Waals surface area contributed by atoms with Gasteiger partial charge in [-0.25, -0.2) is 4.68 Å². The van der Waals surface area contributed by atoms with E-state index in [0.717, 1.165) is 25.7 Å². The summed E-state index contributed by atoms with van der Waals surface area (Å²) in [5, 5.41) is 103. The van der Waals surface area contributed by atoms with Gasteiger partial charge in [0.1, 0.15) is 23.9 Å². The molecule has 6 aliphatic heterocycles. The average Bonchev–Trinajstić information content (AvgIpc) is 3.81. The van der Waals surface area contributed by atoms with Crippen LogP contribution in [-0.2, 0) is 68.8 Å². The van der Waals surface area contributed by atoms with E-state index in [9.17, 15) is 46.0 Å². The second kappa shape index (κ2) is 15.4. The van der Waals surface area contributed by atoms with E-state index in [2.05, 4.69) is 17.2 Å². The predicted octanol–water partition coefficient (Wildman–Crippen LogP) is -3.65. The third kappa shape index (κ3) is 7.41. The Bertz CT molecular complexity index is 1690. The average molecular weight is 906 g/mol. The molecule has 24 heteroatoms. The molecule has 10 rings (SSSR count). The molecule has 3 aliphatic carbocycles. The van der Waals surface area contributed by atoms with E-state index in [1.54, 1.807) is 6.20 Å². The molecule has 18 atom stereocenters. The van der Waals surface area contributed by atoms with E-state index in [0.29, 0.717) is 12.1 Å². The van der Waals surface area contributed by atoms with Crippen molar-refractivity contribution in [2.45, 2.75) is 156 Å². The van der Waals surface area contributed by atoms with Crippen molar-refractivity contribution in [2.24, 2.45) is 35.5 Å². The van der Waals surface area contributed by atoms with Crippen LogP contribution in [0.3, 0.4) is 0 Å². The van der Waals surface area contributed by atoms with Crippen molar-refractivity contribution in [3.05, 3.63) is 11.9 Å². The van der Waals surface area contributed by atoms with Crippen molar-refractivity contribution in [3.63, 3.8) is 0 Å². The van der Waals surface area contributed by atoms with Crippen LogP contribution in [0.25, 0.3) is 0 Å². The van der Waals surface area contributed by atoms with E-state index < -0.39 is 171 Å². The maximum atomic E-state index is 10.7. The van der Waals surface area contributed by atoms with Crippen LogP contribution in [0.5, 0.6) is 0 Å². The van der Waals surface area contributed by atoms with Crippen LogP contribution in [-0.4, -0.2) is 191 Å². The van der Waals surface area contributed by atoms with E-state index >= 15 is 0 Å². The molecule has 1 aromatic heterocycles. The minimum atomic E-state index is -2.18. The van der Waals surface area contributed by atoms with Crippen LogP contribution in [0.15, 0.2) is 6.20 Å². The van der Waals surface area contributed by atoms with Crippen molar-refractivity contribution >= 4 is 0 Å². The summed E-state index contributed by atoms with van der Waals surface area (Å²) in [6, 6.07) is 0. The first kappa shape index (κ1) is 45.1. The van der Waals surface area contributed by atoms with Crippen molar-refractivity contribution in [1.29, 1.82) is 0 Å². The number of ether oxygens (including phenoxy) is 12. The molecular weight excluding hydrogens is 846 g/mol. The molecule has 24 nitrogen and oxygen atoms in total. The van der Waals surface area contributed by atoms with Crippen LogP contribution in [0, 0.1) is 35.5 Å². The number of aliphatic hydroxyl groups is 9. The number of rotatable bonds is 18. The Morgan fingerprint density at radius 3 is 1.30 bits per heavy atom. The number of aromatic nitrogens is 3. The molecule has 356 valence electrons. The number of unbranched alkanes of at least 4 members (excludes halogenated alkanes) is 3. The van der Waals surface area contributed by atoms with Crippen molar-refractivity contribution in [1.82, 2.24) is 15.0 Å². The molecule has 0 aromatic carbocycles. The van der Waals surface area contributed by atoms with Crippen LogP contribution in [0.2, 0.25) is 0 Å². The van der Waals surface area contributed by atoms with Crippen molar-refractivity contribution in [2.75, 3.05) is 39.6 Å². The van der Waals surface area contributed by atoms with Gasteiger partial charge in [-0.05, 0) is 12.8 Å². The zero-order valence-electron chi connectivity index (χ0n) is 35.3. The van der Waals surface area contributed by atoms with Gasteiger partial charge < -0.3 is 88.6 Å². The SMILES string of the molecule is CCCCCCc1cn(C(COC2(C)OC3OC(CO)C4C(C3O2)C4(O)O)(COC2(C)OC3OC(CO)C4C(C3O2)C4(O)O)COC2(C)OC3OC(CO)C4C(C3O2)C4(O)O)nn1. The Kier molecular flexibility index (Phi) is 11.0. The fourth-order valence-electron chi connectivity index (χ4n) is 10.9. The Morgan fingerprint density at radius 1 is 0.571 bits per heavy atom. The van der Waals surface area contributed by atoms with Gasteiger partial charge >= 0.3 is 0 Å². The molecule has 63 heavy (non-hydrogen) atoms. The summed E-state index contributed by atoms with van der Waals surface area (Å²) in [6.45, 7) is 3.72. The molecule has 0 amide bonds. The van der Waals surface area contributed by atoms with Crippen LogP contribution in [0.1, 0.15) is 59.1 Å². The summed E-state index contributed by atoms with van der Waals surface area (Å²) in [4.78, 5) is 0. The van der Waals surface area contributed by atoms with Crippen molar-refractivity contribution in [3.8, 4) is 0 Å². The Balaban J connectivity index is 0.945. The Labute approximate surface area is 360 Å². The number of fused-ring (bicyclic) bond motifs is 9. The highest BCUT2D eigenvalue weighted by molar-refractivity contribution is 5.17. The first-order valence-electron chi connectivity index (χ1n) is 21.8. The van der Waals surface area contributed by atoms with E-state index in [1.807, 2.05) is 0 Å². The standard InChI is InChI=1S/C39H59N3O21/c1-5-6-7-8-9-17-10-42(41-40-17)36(14-52-33(2)58-27-24-21(37(24,46)47)18(11-43)55-30(27)61-33,15-53-34(3)59-28-25-22(38(25,48)49)19(12-44)56-31(28)62-34)16-54-35(4)60-29-26-23(39(26,50)51)20(13-45)57-32(29)63-35/h10,18-32,43-51H,5-9,11-16H2,1-4H3. The van der Waals surface area contributed by atoms with Crippen LogP contribution >= 0.6 is 0 Å². The van der Waals surface area contributed by atoms with Gasteiger partial charge in [-0.1, -0.05) is 31.4 Å². The molecule has 9 fully saturated rings. The minimum absolute atomic E-state index is 0.428. The summed E-state index contributed by atoms with van der Waals surface area (Å²) in [5.41, 5.74) is -0.999. The first-order valence-corrected chi connectivity index (χ1v) is 21.8. The number of hydrogen-bond donors (Lipinski definition) is 9. The number of aryl methyl sites for hydroxylation is 1. The molecule has 9 aliphatic rings. The molecule has 1 aromatic rings. The van der Waals surface area contributed by atoms with E-state index in [1.165, 1.54) is 25.5 Å². The van der Waals surface area contributed by atoms with Gasteiger partial charge in [-0.2, -0.15) is 0 Å². The third-order valence-electron chi connectivity index (χ3n) is 14.5. The topological polar surface area (TPSA) is 324 Å². The molecule has 7 heterocycles. The van der Waals surface area contributed by atoms with E-state index in [-0.39, 0.29) is 0 Å². The van der Waals surface area contributed by atoms with Crippen LogP contribution < -0.4 is 0 Å². The van der Waals surface area contributed by atoms with Crippen molar-refractivity contribution < 1.29 is 103 Å². The van der Waals surface area contributed by atoms with Gasteiger partial charge in [0.05, 0.1) is 99.2 Å². The lowest BCUT2D eigenvalue weighted by molar-refractivity contribution is -0.380. The van der Waals surface area contributed by atoms with Crippen LogP contribution in [0.4, 0.5) is 0 Å². The first-order chi connectivity index (χ1) is 29.8. The molecule has 9 N–H and O–H groups in total. The molecular formula is C39H59N3O21. The zero-order chi connectivity index (χ0) is 44.7. The van der Waals surface area contributed by atoms with Gasteiger partial charge in [0.25, 0.3) is 17.9 Å². The summed E-state index contributed by atoms with van der Waals surface area (Å²) in [6.07, 6.45) is -3.15. The minimum Gasteiger partial charge on any atom is -0.394 e. The molecule has 0 radical (unpaired) electrons. The number of aliphatic hydroxyl groups excluding tert-OH is 3. The summed E-state index contributed by atoms with van der Waals surface area (Å²) < 4.78 is 75.6. The Morgan fingerprint density at radius 2 is 0.952 bits per heavy atom. The molecule has 18 unspecified atom stereocenters. The fourth-order valence-corrected chi connectivity index (χ4v) is 10.9. The maximum Gasteiger partial charge on any atom is 0.282 e. The fraction of sp³-hybridized carbons (Fsp3) is 0.949. The highest BCUT2D eigenvalue weighted by atomic mass is 17.0. The van der Waals surface area contributed by atoms with Gasteiger partial charge in [0.15, 0.2) is 36.2 Å². The summed E-state index contributed by atoms with van der Waals surface area (Å²) in [5.74, 6) is -17.3. The van der Waals surface area contributed by atoms with Gasteiger partial charge in [0.2, 0.25) is 0 Å². The third-order valence-corrected chi connectivity index (χ3v) is 14.5. The second-order valence-electron chi connectivity index (χ2n) is 18.9. The number of hydrogen-bond acceptors (Lipinski definition) is 23. The smallest absolute Gasteiger partial charge is 0.282 e. The zero-order valence-corrected chi connectivity index (χ0v) is 35.3.